The Morgan fingerprint density at radius 1 is 1.08 bits per heavy atom. The molecular weight excluding hydrogens is 306 g/mol. The summed E-state index contributed by atoms with van der Waals surface area (Å²) >= 11 is 0. The lowest BCUT2D eigenvalue weighted by Crippen LogP contribution is -2.30. The molecular formula is C18H23N3O3. The van der Waals surface area contributed by atoms with Crippen LogP contribution < -0.4 is 0 Å². The third-order valence-electron chi connectivity index (χ3n) is 5.25. The van der Waals surface area contributed by atoms with Gasteiger partial charge in [0, 0.05) is 24.6 Å². The molecule has 0 unspecified atom stereocenters. The maximum Gasteiger partial charge on any atom is 0.293 e. The first-order chi connectivity index (χ1) is 11.7. The van der Waals surface area contributed by atoms with E-state index in [0.29, 0.717) is 18.2 Å². The summed E-state index contributed by atoms with van der Waals surface area (Å²) in [5.74, 6) is 1.44. The number of carbonyl (C=O) groups is 1. The van der Waals surface area contributed by atoms with E-state index in [-0.39, 0.29) is 11.9 Å². The topological polar surface area (TPSA) is 72.4 Å². The zero-order valence-corrected chi connectivity index (χ0v) is 14.0. The van der Waals surface area contributed by atoms with Crippen LogP contribution in [-0.2, 0) is 0 Å². The molecule has 0 spiro atoms. The van der Waals surface area contributed by atoms with Crippen molar-refractivity contribution in [3.63, 3.8) is 0 Å². The third kappa shape index (κ3) is 2.85. The van der Waals surface area contributed by atoms with Crippen LogP contribution in [-0.4, -0.2) is 27.7 Å². The van der Waals surface area contributed by atoms with E-state index in [2.05, 4.69) is 10.3 Å². The van der Waals surface area contributed by atoms with Crippen molar-refractivity contribution < 1.29 is 13.8 Å². The molecule has 2 fully saturated rings. The van der Waals surface area contributed by atoms with E-state index in [0.717, 1.165) is 42.8 Å². The van der Waals surface area contributed by atoms with Gasteiger partial charge >= 0.3 is 0 Å². The number of hydrogen-bond acceptors (Lipinski definition) is 5. The Kier molecular flexibility index (Phi) is 4.12. The smallest absolute Gasteiger partial charge is 0.293 e. The van der Waals surface area contributed by atoms with E-state index >= 15 is 0 Å². The van der Waals surface area contributed by atoms with Gasteiger partial charge in [0.25, 0.3) is 5.91 Å². The van der Waals surface area contributed by atoms with Crippen molar-refractivity contribution in [2.24, 2.45) is 0 Å². The number of aryl methyl sites for hydroxylation is 1. The molecule has 1 saturated heterocycles. The Morgan fingerprint density at radius 3 is 2.67 bits per heavy atom. The van der Waals surface area contributed by atoms with Gasteiger partial charge < -0.3 is 13.9 Å². The zero-order valence-electron chi connectivity index (χ0n) is 14.0. The highest BCUT2D eigenvalue weighted by molar-refractivity contribution is 5.92. The fourth-order valence-corrected chi connectivity index (χ4v) is 3.97. The summed E-state index contributed by atoms with van der Waals surface area (Å²) in [6, 6.07) is 3.70. The van der Waals surface area contributed by atoms with E-state index in [4.69, 9.17) is 9.05 Å². The maximum absolute atomic E-state index is 12.9. The maximum atomic E-state index is 12.9. The van der Waals surface area contributed by atoms with E-state index in [9.17, 15) is 4.79 Å². The van der Waals surface area contributed by atoms with Crippen LogP contribution in [0.25, 0.3) is 0 Å². The molecule has 2 aliphatic rings. The van der Waals surface area contributed by atoms with Crippen molar-refractivity contribution in [2.75, 3.05) is 6.54 Å². The summed E-state index contributed by atoms with van der Waals surface area (Å²) in [5, 5.41) is 8.12. The van der Waals surface area contributed by atoms with E-state index < -0.39 is 0 Å². The van der Waals surface area contributed by atoms with Crippen LogP contribution in [0, 0.1) is 6.92 Å². The molecule has 0 bridgehead atoms. The second kappa shape index (κ2) is 6.42. The number of hydrogen-bond donors (Lipinski definition) is 0. The van der Waals surface area contributed by atoms with Gasteiger partial charge in [0.2, 0.25) is 5.76 Å². The molecule has 6 nitrogen and oxygen atoms in total. The summed E-state index contributed by atoms with van der Waals surface area (Å²) in [4.78, 5) is 14.7. The number of carbonyl (C=O) groups excluding carboxylic acids is 1. The molecule has 6 heteroatoms. The minimum Gasteiger partial charge on any atom is -0.359 e. The normalized spacial score (nSPS) is 22.2. The lowest BCUT2D eigenvalue weighted by molar-refractivity contribution is 0.0672. The number of likely N-dealkylation sites (tertiary alicyclic amines) is 1. The van der Waals surface area contributed by atoms with Gasteiger partial charge in [0.05, 0.1) is 17.4 Å². The molecule has 3 heterocycles. The van der Waals surface area contributed by atoms with E-state index in [1.807, 2.05) is 24.0 Å². The molecule has 0 aromatic carbocycles. The summed E-state index contributed by atoms with van der Waals surface area (Å²) in [6.45, 7) is 2.60. The number of rotatable bonds is 3. The van der Waals surface area contributed by atoms with E-state index in [1.165, 1.54) is 19.3 Å². The highest BCUT2D eigenvalue weighted by Crippen LogP contribution is 2.35. The Balaban J connectivity index is 1.51. The molecule has 1 aliphatic carbocycles. The fraction of sp³-hybridized carbons (Fsp3) is 0.611. The van der Waals surface area contributed by atoms with Gasteiger partial charge in [-0.3, -0.25) is 4.79 Å². The van der Waals surface area contributed by atoms with E-state index in [1.54, 1.807) is 0 Å². The molecule has 1 aliphatic heterocycles. The zero-order chi connectivity index (χ0) is 16.5. The molecule has 128 valence electrons. The highest BCUT2D eigenvalue weighted by atomic mass is 16.5. The summed E-state index contributed by atoms with van der Waals surface area (Å²) in [6.07, 6.45) is 7.91. The molecule has 0 N–H and O–H groups in total. The first kappa shape index (κ1) is 15.4. The second-order valence-electron chi connectivity index (χ2n) is 6.98. The number of aromatic nitrogens is 2. The number of nitrogens with zero attached hydrogens (tertiary/aromatic N) is 3. The van der Waals surface area contributed by atoms with Crippen LogP contribution in [0.2, 0.25) is 0 Å². The third-order valence-corrected chi connectivity index (χ3v) is 5.25. The van der Waals surface area contributed by atoms with Crippen molar-refractivity contribution in [1.82, 2.24) is 15.2 Å². The lowest BCUT2D eigenvalue weighted by atomic mass is 9.87. The molecule has 2 aromatic rings. The quantitative estimate of drug-likeness (QED) is 0.851. The van der Waals surface area contributed by atoms with Crippen molar-refractivity contribution in [2.45, 2.75) is 63.8 Å². The lowest BCUT2D eigenvalue weighted by Gasteiger charge is -2.21. The SMILES string of the molecule is Cc1cc([C@H]2CCCN2C(=O)c2cc(C3CCCCC3)no2)on1. The first-order valence-corrected chi connectivity index (χ1v) is 8.93. The Hall–Kier alpha value is -2.11. The molecule has 0 radical (unpaired) electrons. The summed E-state index contributed by atoms with van der Waals surface area (Å²) < 4.78 is 10.8. The predicted octanol–water partition coefficient (Wildman–Crippen LogP) is 4.00. The second-order valence-corrected chi connectivity index (χ2v) is 6.98. The molecule has 1 saturated carbocycles. The van der Waals surface area contributed by atoms with Gasteiger partial charge in [-0.25, -0.2) is 0 Å². The van der Waals surface area contributed by atoms with Crippen molar-refractivity contribution in [1.29, 1.82) is 0 Å². The van der Waals surface area contributed by atoms with Crippen LogP contribution in [0.4, 0.5) is 0 Å². The van der Waals surface area contributed by atoms with Crippen LogP contribution in [0.3, 0.4) is 0 Å². The van der Waals surface area contributed by atoms with Gasteiger partial charge in [-0.1, -0.05) is 29.6 Å². The fourth-order valence-electron chi connectivity index (χ4n) is 3.97. The van der Waals surface area contributed by atoms with Gasteiger partial charge in [0.15, 0.2) is 5.76 Å². The Morgan fingerprint density at radius 2 is 1.92 bits per heavy atom. The van der Waals surface area contributed by atoms with Crippen LogP contribution in [0.1, 0.15) is 84.6 Å². The monoisotopic (exact) mass is 329 g/mol. The largest absolute Gasteiger partial charge is 0.359 e. The summed E-state index contributed by atoms with van der Waals surface area (Å²) in [5.41, 5.74) is 1.77. The van der Waals surface area contributed by atoms with Gasteiger partial charge in [-0.2, -0.15) is 0 Å². The standard InChI is InChI=1S/C18H23N3O3/c1-12-10-16(23-19-12)15-8-5-9-21(15)18(22)17-11-14(20-24-17)13-6-3-2-4-7-13/h10-11,13,15H,2-9H2,1H3/t15-/m1/s1. The van der Waals surface area contributed by atoms with Crippen LogP contribution >= 0.6 is 0 Å². The minimum absolute atomic E-state index is 0.0538. The average Bonchev–Trinajstić information content (AvgIpc) is 3.35. The van der Waals surface area contributed by atoms with Crippen LogP contribution in [0.5, 0.6) is 0 Å². The number of amides is 1. The molecule has 1 atom stereocenters. The van der Waals surface area contributed by atoms with Gasteiger partial charge in [-0.05, 0) is 32.6 Å². The predicted molar refractivity (Wildman–Crippen MR) is 86.6 cm³/mol. The molecule has 2 aromatic heterocycles. The molecule has 4 rings (SSSR count). The Labute approximate surface area is 141 Å². The van der Waals surface area contributed by atoms with Crippen molar-refractivity contribution in [3.8, 4) is 0 Å². The highest BCUT2D eigenvalue weighted by Gasteiger charge is 2.35. The molecule has 1 amide bonds. The minimum atomic E-state index is -0.0962. The first-order valence-electron chi connectivity index (χ1n) is 8.93. The van der Waals surface area contributed by atoms with Crippen molar-refractivity contribution in [3.05, 3.63) is 35.0 Å². The van der Waals surface area contributed by atoms with Crippen LogP contribution in [0.15, 0.2) is 21.2 Å². The summed E-state index contributed by atoms with van der Waals surface area (Å²) in [7, 11) is 0. The van der Waals surface area contributed by atoms with Gasteiger partial charge in [-0.15, -0.1) is 0 Å². The van der Waals surface area contributed by atoms with Gasteiger partial charge in [0.1, 0.15) is 0 Å². The Bertz CT molecular complexity index is 715. The van der Waals surface area contributed by atoms with Crippen molar-refractivity contribution >= 4 is 5.91 Å². The molecule has 24 heavy (non-hydrogen) atoms. The average molecular weight is 329 g/mol.